The molecule has 1 unspecified atom stereocenters. The molecule has 1 aliphatic rings. The summed E-state index contributed by atoms with van der Waals surface area (Å²) in [6, 6.07) is 3.39. The maximum atomic E-state index is 12.3. The molecule has 0 saturated carbocycles. The van der Waals surface area contributed by atoms with E-state index in [0.717, 1.165) is 25.1 Å². The van der Waals surface area contributed by atoms with Gasteiger partial charge < -0.3 is 4.90 Å². The fourth-order valence-corrected chi connectivity index (χ4v) is 2.98. The molecular formula is C15H20N4O2. The van der Waals surface area contributed by atoms with Gasteiger partial charge in [-0.1, -0.05) is 13.8 Å². The van der Waals surface area contributed by atoms with Crippen molar-refractivity contribution < 1.29 is 4.79 Å². The molecule has 1 aliphatic heterocycles. The van der Waals surface area contributed by atoms with E-state index < -0.39 is 0 Å². The van der Waals surface area contributed by atoms with Gasteiger partial charge >= 0.3 is 0 Å². The minimum atomic E-state index is -0.122. The summed E-state index contributed by atoms with van der Waals surface area (Å²) in [7, 11) is 0. The zero-order valence-electron chi connectivity index (χ0n) is 12.6. The van der Waals surface area contributed by atoms with E-state index in [1.807, 2.05) is 24.8 Å². The summed E-state index contributed by atoms with van der Waals surface area (Å²) >= 11 is 0. The van der Waals surface area contributed by atoms with E-state index >= 15 is 0 Å². The highest BCUT2D eigenvalue weighted by Gasteiger charge is 2.32. The third-order valence-electron chi connectivity index (χ3n) is 3.99. The van der Waals surface area contributed by atoms with Gasteiger partial charge in [0.2, 0.25) is 5.91 Å². The number of H-pyrrole nitrogens is 1. The first-order chi connectivity index (χ1) is 9.97. The third-order valence-corrected chi connectivity index (χ3v) is 3.99. The van der Waals surface area contributed by atoms with Crippen molar-refractivity contribution in [3.8, 4) is 0 Å². The number of nitrogens with zero attached hydrogens (tertiary/aromatic N) is 3. The van der Waals surface area contributed by atoms with Crippen LogP contribution in [0.25, 0.3) is 5.65 Å². The molecule has 1 atom stereocenters. The first kappa shape index (κ1) is 13.9. The smallest absolute Gasteiger partial charge is 0.272 e. The Morgan fingerprint density at radius 3 is 2.90 bits per heavy atom. The second kappa shape index (κ2) is 5.02. The van der Waals surface area contributed by atoms with Crippen LogP contribution in [0.4, 0.5) is 0 Å². The van der Waals surface area contributed by atoms with Crippen LogP contribution in [0.1, 0.15) is 44.1 Å². The second-order valence-electron chi connectivity index (χ2n) is 5.99. The van der Waals surface area contributed by atoms with Gasteiger partial charge in [-0.15, -0.1) is 0 Å². The van der Waals surface area contributed by atoms with Gasteiger partial charge in [0.25, 0.3) is 5.56 Å². The number of hydrogen-bond donors (Lipinski definition) is 1. The van der Waals surface area contributed by atoms with Crippen LogP contribution in [-0.4, -0.2) is 31.9 Å². The molecule has 3 rings (SSSR count). The summed E-state index contributed by atoms with van der Waals surface area (Å²) in [6.45, 7) is 6.41. The molecule has 21 heavy (non-hydrogen) atoms. The lowest BCUT2D eigenvalue weighted by molar-refractivity contribution is -0.135. The first-order valence-electron chi connectivity index (χ1n) is 7.37. The molecule has 6 nitrogen and oxygen atoms in total. The Bertz CT molecular complexity index is 744. The van der Waals surface area contributed by atoms with Crippen LogP contribution in [0.3, 0.4) is 0 Å². The molecule has 2 aromatic heterocycles. The van der Waals surface area contributed by atoms with Crippen molar-refractivity contribution in [1.29, 1.82) is 0 Å². The van der Waals surface area contributed by atoms with E-state index in [1.165, 1.54) is 10.6 Å². The Kier molecular flexibility index (Phi) is 3.31. The molecule has 0 spiro atoms. The Morgan fingerprint density at radius 1 is 1.43 bits per heavy atom. The fourth-order valence-electron chi connectivity index (χ4n) is 2.98. The number of nitrogens with one attached hydrogen (secondary N) is 1. The van der Waals surface area contributed by atoms with Gasteiger partial charge in [0.1, 0.15) is 0 Å². The highest BCUT2D eigenvalue weighted by atomic mass is 16.2. The van der Waals surface area contributed by atoms with Crippen molar-refractivity contribution in [1.82, 2.24) is 19.5 Å². The standard InChI is InChI=1S/C15H20N4O2/c1-9(2)15(21)18-6-4-5-12(18)11-8-13-16-10(3)7-14(20)19(13)17-11/h7-9,12,17H,4-6H2,1-3H3. The van der Waals surface area contributed by atoms with E-state index in [9.17, 15) is 9.59 Å². The quantitative estimate of drug-likeness (QED) is 0.913. The summed E-state index contributed by atoms with van der Waals surface area (Å²) in [5.41, 5.74) is 2.08. The number of amides is 1. The van der Waals surface area contributed by atoms with E-state index in [0.29, 0.717) is 11.3 Å². The zero-order valence-corrected chi connectivity index (χ0v) is 12.6. The Morgan fingerprint density at radius 2 is 2.19 bits per heavy atom. The summed E-state index contributed by atoms with van der Waals surface area (Å²) in [5, 5.41) is 3.10. The lowest BCUT2D eigenvalue weighted by Gasteiger charge is -2.25. The molecule has 3 heterocycles. The molecule has 1 saturated heterocycles. The number of rotatable bonds is 2. The largest absolute Gasteiger partial charge is 0.334 e. The minimum Gasteiger partial charge on any atom is -0.334 e. The maximum absolute atomic E-state index is 12.3. The van der Waals surface area contributed by atoms with Crippen molar-refractivity contribution in [3.63, 3.8) is 0 Å². The predicted molar refractivity (Wildman–Crippen MR) is 79.1 cm³/mol. The molecule has 0 bridgehead atoms. The topological polar surface area (TPSA) is 70.5 Å². The zero-order chi connectivity index (χ0) is 15.1. The van der Waals surface area contributed by atoms with Crippen LogP contribution in [0.2, 0.25) is 0 Å². The average molecular weight is 288 g/mol. The molecule has 112 valence electrons. The predicted octanol–water partition coefficient (Wildman–Crippen LogP) is 1.65. The number of fused-ring (bicyclic) bond motifs is 1. The summed E-state index contributed by atoms with van der Waals surface area (Å²) < 4.78 is 1.44. The SMILES string of the molecule is Cc1cc(=O)n2[nH]c(C3CCCN3C(=O)C(C)C)cc2n1. The van der Waals surface area contributed by atoms with E-state index in [2.05, 4.69) is 10.1 Å². The van der Waals surface area contributed by atoms with Gasteiger partial charge in [-0.2, -0.15) is 0 Å². The molecule has 0 aromatic carbocycles. The van der Waals surface area contributed by atoms with Crippen molar-refractivity contribution in [2.24, 2.45) is 5.92 Å². The van der Waals surface area contributed by atoms with Crippen LogP contribution >= 0.6 is 0 Å². The molecule has 2 aromatic rings. The Hall–Kier alpha value is -2.11. The van der Waals surface area contributed by atoms with E-state index in [-0.39, 0.29) is 23.4 Å². The summed E-state index contributed by atoms with van der Waals surface area (Å²) in [4.78, 5) is 30.5. The second-order valence-corrected chi connectivity index (χ2v) is 5.99. The van der Waals surface area contributed by atoms with Crippen molar-refractivity contribution in [2.45, 2.75) is 39.7 Å². The molecule has 6 heteroatoms. The van der Waals surface area contributed by atoms with Crippen molar-refractivity contribution in [2.75, 3.05) is 6.54 Å². The molecule has 1 N–H and O–H groups in total. The molecule has 0 aliphatic carbocycles. The lowest BCUT2D eigenvalue weighted by Crippen LogP contribution is -2.34. The highest BCUT2D eigenvalue weighted by molar-refractivity contribution is 5.78. The van der Waals surface area contributed by atoms with Gasteiger partial charge in [-0.3, -0.25) is 14.7 Å². The van der Waals surface area contributed by atoms with Gasteiger partial charge in [-0.25, -0.2) is 9.50 Å². The number of aromatic amines is 1. The van der Waals surface area contributed by atoms with Crippen molar-refractivity contribution in [3.05, 3.63) is 33.9 Å². The first-order valence-corrected chi connectivity index (χ1v) is 7.37. The van der Waals surface area contributed by atoms with Crippen LogP contribution in [0.5, 0.6) is 0 Å². The fraction of sp³-hybridized carbons (Fsp3) is 0.533. The maximum Gasteiger partial charge on any atom is 0.272 e. The van der Waals surface area contributed by atoms with E-state index in [1.54, 1.807) is 6.92 Å². The number of aryl methyl sites for hydroxylation is 1. The summed E-state index contributed by atoms with van der Waals surface area (Å²) in [6.07, 6.45) is 1.90. The highest BCUT2D eigenvalue weighted by Crippen LogP contribution is 2.32. The van der Waals surface area contributed by atoms with Gasteiger partial charge in [0, 0.05) is 30.3 Å². The van der Waals surface area contributed by atoms with Gasteiger partial charge in [0.15, 0.2) is 5.65 Å². The number of likely N-dealkylation sites (tertiary alicyclic amines) is 1. The lowest BCUT2D eigenvalue weighted by atomic mass is 10.1. The average Bonchev–Trinajstić information content (AvgIpc) is 3.02. The number of hydrogen-bond acceptors (Lipinski definition) is 3. The third kappa shape index (κ3) is 2.34. The van der Waals surface area contributed by atoms with Crippen molar-refractivity contribution >= 4 is 11.6 Å². The molecule has 1 amide bonds. The monoisotopic (exact) mass is 288 g/mol. The number of carbonyl (C=O) groups excluding carboxylic acids is 1. The summed E-state index contributed by atoms with van der Waals surface area (Å²) in [5.74, 6) is 0.144. The number of aromatic nitrogens is 3. The normalized spacial score (nSPS) is 18.9. The number of carbonyl (C=O) groups is 1. The van der Waals surface area contributed by atoms with Crippen LogP contribution in [-0.2, 0) is 4.79 Å². The minimum absolute atomic E-state index is 0.0151. The molecular weight excluding hydrogens is 268 g/mol. The van der Waals surface area contributed by atoms with Gasteiger partial charge in [0.05, 0.1) is 11.7 Å². The van der Waals surface area contributed by atoms with Crippen LogP contribution in [0.15, 0.2) is 16.9 Å². The van der Waals surface area contributed by atoms with Crippen LogP contribution in [0, 0.1) is 12.8 Å². The van der Waals surface area contributed by atoms with Crippen LogP contribution < -0.4 is 5.56 Å². The van der Waals surface area contributed by atoms with E-state index in [4.69, 9.17) is 0 Å². The van der Waals surface area contributed by atoms with Gasteiger partial charge in [-0.05, 0) is 19.8 Å². The Balaban J connectivity index is 2.02. The molecule has 0 radical (unpaired) electrons. The Labute approximate surface area is 122 Å². The molecule has 1 fully saturated rings.